The Morgan fingerprint density at radius 2 is 1.90 bits per heavy atom. The summed E-state index contributed by atoms with van der Waals surface area (Å²) in [7, 11) is 1.76. The Morgan fingerprint density at radius 3 is 2.48 bits per heavy atom. The lowest BCUT2D eigenvalue weighted by atomic mass is 9.93. The van der Waals surface area contributed by atoms with E-state index in [1.54, 1.807) is 7.11 Å². The minimum atomic E-state index is 0.510. The Balaban J connectivity index is 2.37. The Labute approximate surface area is 129 Å². The number of methoxy groups -OCH3 is 1. The molecule has 0 aromatic heterocycles. The molecule has 0 bridgehead atoms. The first-order chi connectivity index (χ1) is 9.93. The van der Waals surface area contributed by atoms with Gasteiger partial charge in [-0.2, -0.15) is 0 Å². The second kappa shape index (κ2) is 6.69. The molecule has 2 unspecified atom stereocenters. The minimum absolute atomic E-state index is 0.510. The molecule has 1 aromatic carbocycles. The van der Waals surface area contributed by atoms with E-state index < -0.39 is 0 Å². The first-order valence-corrected chi connectivity index (χ1v) is 8.08. The van der Waals surface area contributed by atoms with Crippen LogP contribution in [0.25, 0.3) is 0 Å². The molecular formula is C18H30N2O. The van der Waals surface area contributed by atoms with Gasteiger partial charge in [0.15, 0.2) is 0 Å². The summed E-state index contributed by atoms with van der Waals surface area (Å²) in [6, 6.07) is 7.51. The van der Waals surface area contributed by atoms with Crippen molar-refractivity contribution < 1.29 is 4.74 Å². The van der Waals surface area contributed by atoms with Gasteiger partial charge in [-0.05, 0) is 36.5 Å². The Bertz CT molecular complexity index is 470. The van der Waals surface area contributed by atoms with Crippen molar-refractivity contribution in [3.8, 4) is 5.75 Å². The van der Waals surface area contributed by atoms with Crippen molar-refractivity contribution >= 4 is 5.69 Å². The summed E-state index contributed by atoms with van der Waals surface area (Å²) in [5, 5.41) is 3.72. The zero-order chi connectivity index (χ0) is 15.6. The molecule has 1 fully saturated rings. The normalized spacial score (nSPS) is 23.0. The van der Waals surface area contributed by atoms with Crippen LogP contribution in [-0.4, -0.2) is 32.3 Å². The van der Waals surface area contributed by atoms with E-state index in [4.69, 9.17) is 4.74 Å². The summed E-state index contributed by atoms with van der Waals surface area (Å²) in [5.74, 6) is 2.22. The van der Waals surface area contributed by atoms with E-state index in [1.165, 1.54) is 11.3 Å². The maximum Gasteiger partial charge on any atom is 0.142 e. The molecule has 3 nitrogen and oxygen atoms in total. The molecule has 2 atom stereocenters. The van der Waals surface area contributed by atoms with E-state index >= 15 is 0 Å². The number of anilines is 1. The van der Waals surface area contributed by atoms with Crippen LogP contribution in [0.5, 0.6) is 5.75 Å². The molecule has 0 amide bonds. The minimum Gasteiger partial charge on any atom is -0.495 e. The monoisotopic (exact) mass is 290 g/mol. The summed E-state index contributed by atoms with van der Waals surface area (Å²) in [4.78, 5) is 2.55. The summed E-state index contributed by atoms with van der Waals surface area (Å²) in [6.45, 7) is 13.4. The number of ether oxygens (including phenoxy) is 1. The average molecular weight is 290 g/mol. The molecule has 1 N–H and O–H groups in total. The predicted octanol–water partition coefficient (Wildman–Crippen LogP) is 3.46. The van der Waals surface area contributed by atoms with Crippen molar-refractivity contribution in [1.29, 1.82) is 0 Å². The Hall–Kier alpha value is -1.22. The van der Waals surface area contributed by atoms with Crippen molar-refractivity contribution in [2.75, 3.05) is 25.1 Å². The van der Waals surface area contributed by atoms with Gasteiger partial charge in [-0.25, -0.2) is 0 Å². The maximum atomic E-state index is 5.62. The Morgan fingerprint density at radius 1 is 1.19 bits per heavy atom. The van der Waals surface area contributed by atoms with Crippen LogP contribution in [-0.2, 0) is 0 Å². The van der Waals surface area contributed by atoms with Crippen LogP contribution in [0, 0.1) is 18.8 Å². The number of nitrogens with zero attached hydrogens (tertiary/aromatic N) is 1. The summed E-state index contributed by atoms with van der Waals surface area (Å²) < 4.78 is 5.62. The topological polar surface area (TPSA) is 24.5 Å². The van der Waals surface area contributed by atoms with Crippen LogP contribution in [0.4, 0.5) is 5.69 Å². The van der Waals surface area contributed by atoms with E-state index in [2.05, 4.69) is 63.0 Å². The number of hydrogen-bond acceptors (Lipinski definition) is 3. The van der Waals surface area contributed by atoms with Gasteiger partial charge in [-0.3, -0.25) is 0 Å². The van der Waals surface area contributed by atoms with Crippen molar-refractivity contribution in [3.05, 3.63) is 23.8 Å². The fourth-order valence-electron chi connectivity index (χ4n) is 3.14. The summed E-state index contributed by atoms with van der Waals surface area (Å²) in [6.07, 6.45) is 0. The first-order valence-electron chi connectivity index (χ1n) is 8.08. The van der Waals surface area contributed by atoms with Crippen molar-refractivity contribution in [2.24, 2.45) is 11.8 Å². The van der Waals surface area contributed by atoms with Crippen LogP contribution in [0.1, 0.15) is 33.3 Å². The molecule has 0 spiro atoms. The van der Waals surface area contributed by atoms with E-state index in [0.29, 0.717) is 23.9 Å². The van der Waals surface area contributed by atoms with E-state index in [1.807, 2.05) is 0 Å². The molecule has 1 heterocycles. The van der Waals surface area contributed by atoms with Crippen LogP contribution >= 0.6 is 0 Å². The lowest BCUT2D eigenvalue weighted by Gasteiger charge is -2.45. The standard InChI is InChI=1S/C18H30N2O/c1-12(2)15-11-20(17(10-19-15)13(3)4)16-9-14(5)7-8-18(16)21-6/h7-9,12-13,15,17,19H,10-11H2,1-6H3. The van der Waals surface area contributed by atoms with Gasteiger partial charge < -0.3 is 15.0 Å². The molecule has 0 radical (unpaired) electrons. The fraction of sp³-hybridized carbons (Fsp3) is 0.667. The second-order valence-corrected chi connectivity index (χ2v) is 6.90. The van der Waals surface area contributed by atoms with Gasteiger partial charge in [0.2, 0.25) is 0 Å². The quantitative estimate of drug-likeness (QED) is 0.919. The molecule has 1 aromatic rings. The summed E-state index contributed by atoms with van der Waals surface area (Å²) in [5.41, 5.74) is 2.52. The molecule has 2 rings (SSSR count). The van der Waals surface area contributed by atoms with Gasteiger partial charge in [-0.1, -0.05) is 33.8 Å². The smallest absolute Gasteiger partial charge is 0.142 e. The van der Waals surface area contributed by atoms with Crippen molar-refractivity contribution in [3.63, 3.8) is 0 Å². The first kappa shape index (κ1) is 16.2. The third-order valence-electron chi connectivity index (χ3n) is 4.60. The highest BCUT2D eigenvalue weighted by Crippen LogP contribution is 2.34. The molecular weight excluding hydrogens is 260 g/mol. The number of rotatable bonds is 4. The van der Waals surface area contributed by atoms with Gasteiger partial charge in [0.25, 0.3) is 0 Å². The zero-order valence-corrected chi connectivity index (χ0v) is 14.3. The van der Waals surface area contributed by atoms with Gasteiger partial charge in [0, 0.05) is 25.2 Å². The largest absolute Gasteiger partial charge is 0.495 e. The molecule has 21 heavy (non-hydrogen) atoms. The number of piperazine rings is 1. The van der Waals surface area contributed by atoms with Crippen molar-refractivity contribution in [1.82, 2.24) is 5.32 Å². The Kier molecular flexibility index (Phi) is 5.15. The molecule has 3 heteroatoms. The number of aryl methyl sites for hydroxylation is 1. The lowest BCUT2D eigenvalue weighted by molar-refractivity contribution is 0.293. The molecule has 1 saturated heterocycles. The van der Waals surface area contributed by atoms with Crippen molar-refractivity contribution in [2.45, 2.75) is 46.7 Å². The number of hydrogen-bond donors (Lipinski definition) is 1. The average Bonchev–Trinajstić information content (AvgIpc) is 2.46. The second-order valence-electron chi connectivity index (χ2n) is 6.90. The van der Waals surface area contributed by atoms with E-state index in [9.17, 15) is 0 Å². The van der Waals surface area contributed by atoms with Crippen LogP contribution in [0.15, 0.2) is 18.2 Å². The fourth-order valence-corrected chi connectivity index (χ4v) is 3.14. The molecule has 1 aliphatic heterocycles. The molecule has 0 saturated carbocycles. The van der Waals surface area contributed by atoms with Gasteiger partial charge in [0.05, 0.1) is 12.8 Å². The molecule has 1 aliphatic rings. The van der Waals surface area contributed by atoms with Gasteiger partial charge in [-0.15, -0.1) is 0 Å². The lowest BCUT2D eigenvalue weighted by Crippen LogP contribution is -2.60. The predicted molar refractivity (Wildman–Crippen MR) is 90.3 cm³/mol. The maximum absolute atomic E-state index is 5.62. The number of benzene rings is 1. The molecule has 118 valence electrons. The number of nitrogens with one attached hydrogen (secondary N) is 1. The third-order valence-corrected chi connectivity index (χ3v) is 4.60. The SMILES string of the molecule is COc1ccc(C)cc1N1CC(C(C)C)NCC1C(C)C. The highest BCUT2D eigenvalue weighted by molar-refractivity contribution is 5.61. The third kappa shape index (κ3) is 3.52. The van der Waals surface area contributed by atoms with Crippen LogP contribution in [0.3, 0.4) is 0 Å². The molecule has 0 aliphatic carbocycles. The zero-order valence-electron chi connectivity index (χ0n) is 14.3. The van der Waals surface area contributed by atoms with Crippen LogP contribution in [0.2, 0.25) is 0 Å². The van der Waals surface area contributed by atoms with Crippen LogP contribution < -0.4 is 15.0 Å². The summed E-state index contributed by atoms with van der Waals surface area (Å²) >= 11 is 0. The van der Waals surface area contributed by atoms with Gasteiger partial charge in [0.1, 0.15) is 5.75 Å². The highest BCUT2D eigenvalue weighted by Gasteiger charge is 2.32. The van der Waals surface area contributed by atoms with E-state index in [0.717, 1.165) is 18.8 Å². The highest BCUT2D eigenvalue weighted by atomic mass is 16.5. The van der Waals surface area contributed by atoms with E-state index in [-0.39, 0.29) is 0 Å². The van der Waals surface area contributed by atoms with Gasteiger partial charge >= 0.3 is 0 Å².